The Hall–Kier alpha value is -1.87. The molecule has 1 aliphatic heterocycles. The van der Waals surface area contributed by atoms with Gasteiger partial charge in [-0.05, 0) is 54.5 Å². The van der Waals surface area contributed by atoms with Crippen molar-refractivity contribution in [2.45, 2.75) is 65.5 Å². The number of hydrogen-bond donors (Lipinski definition) is 5. The Morgan fingerprint density at radius 3 is 1.72 bits per heavy atom. The summed E-state index contributed by atoms with van der Waals surface area (Å²) in [6.07, 6.45) is 0.441. The second kappa shape index (κ2) is 10.8. The van der Waals surface area contributed by atoms with Crippen LogP contribution in [0.1, 0.15) is 54.4 Å². The van der Waals surface area contributed by atoms with E-state index < -0.39 is 5.41 Å². The molecule has 10 heteroatoms. The largest absolute Gasteiger partial charge is 0.350 e. The highest BCUT2D eigenvalue weighted by Gasteiger charge is 2.43. The molecule has 4 amide bonds. The summed E-state index contributed by atoms with van der Waals surface area (Å²) in [4.78, 5) is 48.8. The van der Waals surface area contributed by atoms with Crippen LogP contribution in [0.15, 0.2) is 0 Å². The van der Waals surface area contributed by atoms with Crippen molar-refractivity contribution in [2.24, 2.45) is 5.41 Å². The number of amides is 4. The van der Waals surface area contributed by atoms with E-state index in [0.717, 1.165) is 0 Å². The molecule has 9 nitrogen and oxygen atoms in total. The topological polar surface area (TPSA) is 128 Å². The highest BCUT2D eigenvalue weighted by Crippen LogP contribution is 2.29. The van der Waals surface area contributed by atoms with E-state index in [9.17, 15) is 19.2 Å². The molecule has 0 aromatic rings. The van der Waals surface area contributed by atoms with Crippen molar-refractivity contribution in [3.8, 4) is 0 Å². The summed E-state index contributed by atoms with van der Waals surface area (Å²) in [6.45, 7) is 11.8. The molecule has 0 bridgehead atoms. The third kappa shape index (κ3) is 10.5. The van der Waals surface area contributed by atoms with Gasteiger partial charge in [0.1, 0.15) is 0 Å². The zero-order valence-electron chi connectivity index (χ0n) is 18.3. The summed E-state index contributed by atoms with van der Waals surface area (Å²) >= 11 is 0. The number of carbonyl (C=O) groups excluding carboxylic acids is 4. The molecule has 168 valence electrons. The highest BCUT2D eigenvalue weighted by molar-refractivity contribution is 5.93. The number of carbonyl (C=O) groups is 4. The van der Waals surface area contributed by atoms with Crippen molar-refractivity contribution in [1.82, 2.24) is 26.6 Å². The molecule has 1 heterocycles. The monoisotopic (exact) mass is 433 g/mol. The lowest BCUT2D eigenvalue weighted by molar-refractivity contribution is -0.137. The molecular weight excluding hydrogens is 398 g/mol. The average Bonchev–Trinajstić information content (AvgIpc) is 2.97. The molecule has 0 aliphatic carbocycles. The molecular formula is C19H36ClN5O4. The molecule has 5 N–H and O–H groups in total. The minimum Gasteiger partial charge on any atom is -0.350 e. The van der Waals surface area contributed by atoms with Crippen molar-refractivity contribution in [3.63, 3.8) is 0 Å². The maximum Gasteiger partial charge on any atom is 0.239 e. The Labute approximate surface area is 179 Å². The smallest absolute Gasteiger partial charge is 0.239 e. The van der Waals surface area contributed by atoms with E-state index >= 15 is 0 Å². The van der Waals surface area contributed by atoms with Crippen LogP contribution in [0.25, 0.3) is 0 Å². The van der Waals surface area contributed by atoms with Crippen LogP contribution < -0.4 is 26.6 Å². The minimum atomic E-state index is -0.924. The molecule has 0 radical (unpaired) electrons. The van der Waals surface area contributed by atoms with E-state index in [-0.39, 0.29) is 66.6 Å². The lowest BCUT2D eigenvalue weighted by atomic mass is 9.82. The lowest BCUT2D eigenvalue weighted by Gasteiger charge is -2.27. The Morgan fingerprint density at radius 1 is 0.828 bits per heavy atom. The Balaban J connectivity index is 0.00000784. The van der Waals surface area contributed by atoms with Crippen molar-refractivity contribution in [2.75, 3.05) is 26.2 Å². The van der Waals surface area contributed by atoms with Gasteiger partial charge in [-0.2, -0.15) is 0 Å². The molecule has 0 saturated carbocycles. The number of hydrogen-bond acceptors (Lipinski definition) is 5. The van der Waals surface area contributed by atoms with Gasteiger partial charge in [-0.3, -0.25) is 19.2 Å². The third-order valence-electron chi connectivity index (χ3n) is 4.11. The second-order valence-electron chi connectivity index (χ2n) is 9.44. The summed E-state index contributed by atoms with van der Waals surface area (Å²) in [6, 6.07) is 0. The maximum absolute atomic E-state index is 12.7. The van der Waals surface area contributed by atoms with Gasteiger partial charge >= 0.3 is 0 Å². The van der Waals surface area contributed by atoms with Gasteiger partial charge < -0.3 is 26.6 Å². The van der Waals surface area contributed by atoms with Gasteiger partial charge in [0, 0.05) is 24.0 Å². The fourth-order valence-corrected chi connectivity index (χ4v) is 2.99. The maximum atomic E-state index is 12.7. The Bertz CT molecular complexity index is 605. The summed E-state index contributed by atoms with van der Waals surface area (Å²) in [7, 11) is 0. The second-order valence-corrected chi connectivity index (χ2v) is 9.44. The van der Waals surface area contributed by atoms with Crippen LogP contribution in [0.5, 0.6) is 0 Å². The summed E-state index contributed by atoms with van der Waals surface area (Å²) in [5.74, 6) is -1.29. The van der Waals surface area contributed by atoms with Gasteiger partial charge in [0.2, 0.25) is 23.6 Å². The molecule has 1 rings (SSSR count). The van der Waals surface area contributed by atoms with Crippen molar-refractivity contribution in [3.05, 3.63) is 0 Å². The molecule has 1 saturated heterocycles. The van der Waals surface area contributed by atoms with Crippen molar-refractivity contribution in [1.29, 1.82) is 0 Å². The predicted octanol–water partition coefficient (Wildman–Crippen LogP) is -0.160. The normalized spacial score (nSPS) is 19.0. The quantitative estimate of drug-likeness (QED) is 0.381. The van der Waals surface area contributed by atoms with Gasteiger partial charge in [-0.15, -0.1) is 12.4 Å². The van der Waals surface area contributed by atoms with Gasteiger partial charge in [-0.1, -0.05) is 0 Å². The molecule has 1 fully saturated rings. The van der Waals surface area contributed by atoms with Gasteiger partial charge in [0.25, 0.3) is 0 Å². The van der Waals surface area contributed by atoms with E-state index in [1.807, 2.05) is 41.5 Å². The average molecular weight is 434 g/mol. The first-order chi connectivity index (χ1) is 12.7. The standard InChI is InChI=1S/C19H35N5O4.ClH/c1-17(2,3)23-14(26)10-21-13(25)9-19(7-8-20-12-19)16(28)22-11-15(27)24-18(4,5)6;/h20H,7-12H2,1-6H3,(H,21,25)(H,22,28)(H,23,26)(H,24,27);1H. The van der Waals surface area contributed by atoms with Crippen LogP contribution in [0.2, 0.25) is 0 Å². The molecule has 0 spiro atoms. The summed E-state index contributed by atoms with van der Waals surface area (Å²) in [5.41, 5.74) is -1.69. The Kier molecular flexibility index (Phi) is 10.1. The van der Waals surface area contributed by atoms with E-state index in [2.05, 4.69) is 26.6 Å². The van der Waals surface area contributed by atoms with Gasteiger partial charge in [-0.25, -0.2) is 0 Å². The van der Waals surface area contributed by atoms with Crippen LogP contribution in [-0.2, 0) is 19.2 Å². The first kappa shape index (κ1) is 27.1. The SMILES string of the molecule is CC(C)(C)NC(=O)CNC(=O)CC1(C(=O)NCC(=O)NC(C)(C)C)CCNC1.Cl. The van der Waals surface area contributed by atoms with Crippen LogP contribution in [-0.4, -0.2) is 60.9 Å². The van der Waals surface area contributed by atoms with E-state index in [4.69, 9.17) is 0 Å². The van der Waals surface area contributed by atoms with Crippen LogP contribution in [0.4, 0.5) is 0 Å². The van der Waals surface area contributed by atoms with Crippen molar-refractivity contribution < 1.29 is 19.2 Å². The zero-order valence-corrected chi connectivity index (χ0v) is 19.1. The molecule has 1 aliphatic rings. The predicted molar refractivity (Wildman–Crippen MR) is 114 cm³/mol. The van der Waals surface area contributed by atoms with Crippen molar-refractivity contribution >= 4 is 36.0 Å². The molecule has 0 aromatic carbocycles. The first-order valence-corrected chi connectivity index (χ1v) is 9.60. The molecule has 0 aromatic heterocycles. The summed E-state index contributed by atoms with van der Waals surface area (Å²) < 4.78 is 0. The first-order valence-electron chi connectivity index (χ1n) is 9.60. The molecule has 29 heavy (non-hydrogen) atoms. The zero-order chi connectivity index (χ0) is 21.6. The lowest BCUT2D eigenvalue weighted by Crippen LogP contribution is -2.51. The van der Waals surface area contributed by atoms with Crippen LogP contribution >= 0.6 is 12.4 Å². The Morgan fingerprint density at radius 2 is 1.31 bits per heavy atom. The molecule has 1 unspecified atom stereocenters. The van der Waals surface area contributed by atoms with E-state index in [0.29, 0.717) is 19.5 Å². The number of nitrogens with one attached hydrogen (secondary N) is 5. The number of halogens is 1. The van der Waals surface area contributed by atoms with Gasteiger partial charge in [0.15, 0.2) is 0 Å². The van der Waals surface area contributed by atoms with E-state index in [1.54, 1.807) is 0 Å². The highest BCUT2D eigenvalue weighted by atomic mass is 35.5. The van der Waals surface area contributed by atoms with Crippen LogP contribution in [0, 0.1) is 5.41 Å². The molecule has 1 atom stereocenters. The third-order valence-corrected chi connectivity index (χ3v) is 4.11. The number of rotatable bonds is 7. The van der Waals surface area contributed by atoms with Gasteiger partial charge in [0.05, 0.1) is 18.5 Å². The fraction of sp³-hybridized carbons (Fsp3) is 0.789. The fourth-order valence-electron chi connectivity index (χ4n) is 2.99. The van der Waals surface area contributed by atoms with Crippen LogP contribution in [0.3, 0.4) is 0 Å². The van der Waals surface area contributed by atoms with E-state index in [1.165, 1.54) is 0 Å². The minimum absolute atomic E-state index is 0. The summed E-state index contributed by atoms with van der Waals surface area (Å²) in [5, 5.41) is 13.8.